The molecule has 1 saturated carbocycles. The smallest absolute Gasteiger partial charge is 0.182 e. The molecule has 1 aromatic heterocycles. The van der Waals surface area contributed by atoms with E-state index in [4.69, 9.17) is 5.73 Å². The Hall–Kier alpha value is -0.970. The molecule has 5 nitrogen and oxygen atoms in total. The first-order valence-electron chi connectivity index (χ1n) is 4.09. The van der Waals surface area contributed by atoms with E-state index in [0.717, 1.165) is 18.7 Å². The average molecular weight is 167 g/mol. The van der Waals surface area contributed by atoms with E-state index in [1.165, 1.54) is 0 Å². The van der Waals surface area contributed by atoms with Crippen molar-refractivity contribution in [1.82, 2.24) is 20.6 Å². The van der Waals surface area contributed by atoms with E-state index in [1.807, 2.05) is 13.8 Å². The molecule has 0 amide bonds. The second-order valence-electron chi connectivity index (χ2n) is 4.04. The van der Waals surface area contributed by atoms with E-state index < -0.39 is 0 Å². The summed E-state index contributed by atoms with van der Waals surface area (Å²) in [6.45, 7) is 4.02. The summed E-state index contributed by atoms with van der Waals surface area (Å²) in [5.74, 6) is 0.759. The molecule has 1 heterocycles. The average Bonchev–Trinajstić information content (AvgIpc) is 2.61. The van der Waals surface area contributed by atoms with Gasteiger partial charge in [0.15, 0.2) is 5.82 Å². The zero-order valence-electron chi connectivity index (χ0n) is 7.33. The first kappa shape index (κ1) is 7.67. The summed E-state index contributed by atoms with van der Waals surface area (Å²) in [5.41, 5.74) is 5.76. The third kappa shape index (κ3) is 0.859. The summed E-state index contributed by atoms with van der Waals surface area (Å²) in [5, 5.41) is 14.0. The van der Waals surface area contributed by atoms with Crippen LogP contribution >= 0.6 is 0 Å². The molecule has 0 radical (unpaired) electrons. The lowest BCUT2D eigenvalue weighted by molar-refractivity contribution is 0.375. The van der Waals surface area contributed by atoms with Crippen LogP contribution in [0.2, 0.25) is 0 Å². The Labute approximate surface area is 70.7 Å². The second-order valence-corrected chi connectivity index (χ2v) is 4.04. The van der Waals surface area contributed by atoms with Crippen molar-refractivity contribution in [3.63, 3.8) is 0 Å². The van der Waals surface area contributed by atoms with E-state index in [0.29, 0.717) is 0 Å². The van der Waals surface area contributed by atoms with Crippen LogP contribution in [0.25, 0.3) is 0 Å². The van der Waals surface area contributed by atoms with Crippen LogP contribution < -0.4 is 5.73 Å². The molecule has 3 N–H and O–H groups in total. The van der Waals surface area contributed by atoms with Crippen LogP contribution in [0.5, 0.6) is 0 Å². The Morgan fingerprint density at radius 1 is 1.50 bits per heavy atom. The van der Waals surface area contributed by atoms with Crippen molar-refractivity contribution in [1.29, 1.82) is 0 Å². The maximum absolute atomic E-state index is 6.05. The third-order valence-electron chi connectivity index (χ3n) is 2.76. The summed E-state index contributed by atoms with van der Waals surface area (Å²) < 4.78 is 0. The minimum Gasteiger partial charge on any atom is -0.325 e. The predicted molar refractivity (Wildman–Crippen MR) is 43.4 cm³/mol. The first-order chi connectivity index (χ1) is 5.56. The predicted octanol–water partition coefficient (Wildman–Crippen LogP) is -0.0314. The number of nitrogens with two attached hydrogens (primary N) is 1. The number of hydrogen-bond acceptors (Lipinski definition) is 4. The van der Waals surface area contributed by atoms with Gasteiger partial charge in [-0.2, -0.15) is 5.21 Å². The Morgan fingerprint density at radius 3 is 2.50 bits per heavy atom. The summed E-state index contributed by atoms with van der Waals surface area (Å²) in [7, 11) is 0. The molecule has 1 aliphatic carbocycles. The van der Waals surface area contributed by atoms with E-state index in [2.05, 4.69) is 20.6 Å². The number of rotatable bonds is 2. The lowest BCUT2D eigenvalue weighted by Crippen LogP contribution is -2.45. The van der Waals surface area contributed by atoms with Gasteiger partial charge >= 0.3 is 0 Å². The van der Waals surface area contributed by atoms with Crippen molar-refractivity contribution in [2.24, 2.45) is 5.73 Å². The maximum atomic E-state index is 6.05. The second kappa shape index (κ2) is 2.04. The molecule has 0 saturated heterocycles. The monoisotopic (exact) mass is 167 g/mol. The first-order valence-corrected chi connectivity index (χ1v) is 4.09. The Kier molecular flexibility index (Phi) is 1.30. The standard InChI is InChI=1S/C7H13N5/c1-6(2,8)7(3-4-7)5-9-11-12-10-5/h3-4,8H2,1-2H3,(H,9,10,11,12). The van der Waals surface area contributed by atoms with Gasteiger partial charge in [0.25, 0.3) is 0 Å². The van der Waals surface area contributed by atoms with E-state index in [1.54, 1.807) is 0 Å². The molecule has 0 bridgehead atoms. The van der Waals surface area contributed by atoms with Crippen LogP contribution in [-0.4, -0.2) is 26.2 Å². The molecule has 2 rings (SSSR count). The topological polar surface area (TPSA) is 80.5 Å². The highest BCUT2D eigenvalue weighted by atomic mass is 15.5. The minimum absolute atomic E-state index is 0.0278. The van der Waals surface area contributed by atoms with Crippen molar-refractivity contribution in [3.8, 4) is 0 Å². The SMILES string of the molecule is CC(C)(N)C1(c2nn[nH]n2)CC1. The molecule has 12 heavy (non-hydrogen) atoms. The fourth-order valence-corrected chi connectivity index (χ4v) is 1.65. The quantitative estimate of drug-likeness (QED) is 0.648. The van der Waals surface area contributed by atoms with E-state index >= 15 is 0 Å². The molecule has 5 heteroatoms. The van der Waals surface area contributed by atoms with Crippen LogP contribution in [0.1, 0.15) is 32.5 Å². The van der Waals surface area contributed by atoms with Crippen molar-refractivity contribution >= 4 is 0 Å². The molecular formula is C7H13N5. The van der Waals surface area contributed by atoms with Gasteiger partial charge in [0.1, 0.15) is 0 Å². The van der Waals surface area contributed by atoms with Gasteiger partial charge in [0.05, 0.1) is 5.41 Å². The zero-order chi connectivity index (χ0) is 8.82. The lowest BCUT2D eigenvalue weighted by atomic mass is 9.84. The molecule has 0 atom stereocenters. The largest absolute Gasteiger partial charge is 0.325 e. The summed E-state index contributed by atoms with van der Waals surface area (Å²) in [6, 6.07) is 0. The van der Waals surface area contributed by atoms with Crippen LogP contribution in [0.4, 0.5) is 0 Å². The van der Waals surface area contributed by atoms with Crippen LogP contribution in [-0.2, 0) is 5.41 Å². The highest BCUT2D eigenvalue weighted by Crippen LogP contribution is 2.52. The van der Waals surface area contributed by atoms with Gasteiger partial charge in [-0.3, -0.25) is 0 Å². The number of hydrogen-bond donors (Lipinski definition) is 2. The summed E-state index contributed by atoms with van der Waals surface area (Å²) in [6.07, 6.45) is 2.13. The highest BCUT2D eigenvalue weighted by molar-refractivity contribution is 5.24. The van der Waals surface area contributed by atoms with Crippen molar-refractivity contribution in [2.45, 2.75) is 37.6 Å². The van der Waals surface area contributed by atoms with Gasteiger partial charge in [0.2, 0.25) is 0 Å². The lowest BCUT2D eigenvalue weighted by Gasteiger charge is -2.27. The fourth-order valence-electron chi connectivity index (χ4n) is 1.65. The number of tetrazole rings is 1. The van der Waals surface area contributed by atoms with Crippen molar-refractivity contribution in [3.05, 3.63) is 5.82 Å². The number of H-pyrrole nitrogens is 1. The molecule has 0 aromatic carbocycles. The minimum atomic E-state index is -0.253. The van der Waals surface area contributed by atoms with Gasteiger partial charge in [-0.15, -0.1) is 10.2 Å². The number of aromatic amines is 1. The van der Waals surface area contributed by atoms with Crippen molar-refractivity contribution in [2.75, 3.05) is 0 Å². The molecule has 66 valence electrons. The van der Waals surface area contributed by atoms with Gasteiger partial charge in [-0.25, -0.2) is 0 Å². The molecule has 1 aromatic rings. The van der Waals surface area contributed by atoms with E-state index in [-0.39, 0.29) is 11.0 Å². The Morgan fingerprint density at radius 2 is 2.17 bits per heavy atom. The molecular weight excluding hydrogens is 154 g/mol. The molecule has 0 aliphatic heterocycles. The molecule has 0 spiro atoms. The summed E-state index contributed by atoms with van der Waals surface area (Å²) in [4.78, 5) is 0. The Balaban J connectivity index is 2.35. The van der Waals surface area contributed by atoms with E-state index in [9.17, 15) is 0 Å². The van der Waals surface area contributed by atoms with Crippen LogP contribution in [0.3, 0.4) is 0 Å². The molecule has 1 aliphatic rings. The normalized spacial score (nSPS) is 20.9. The third-order valence-corrected chi connectivity index (χ3v) is 2.76. The van der Waals surface area contributed by atoms with Gasteiger partial charge in [-0.1, -0.05) is 5.21 Å². The van der Waals surface area contributed by atoms with Gasteiger partial charge in [-0.05, 0) is 26.7 Å². The Bertz CT molecular complexity index is 266. The molecule has 0 unspecified atom stereocenters. The summed E-state index contributed by atoms with van der Waals surface area (Å²) >= 11 is 0. The van der Waals surface area contributed by atoms with Gasteiger partial charge in [0, 0.05) is 5.54 Å². The number of nitrogens with one attached hydrogen (secondary N) is 1. The fraction of sp³-hybridized carbons (Fsp3) is 0.857. The van der Waals surface area contributed by atoms with Crippen LogP contribution in [0, 0.1) is 0 Å². The van der Waals surface area contributed by atoms with Crippen molar-refractivity contribution < 1.29 is 0 Å². The zero-order valence-corrected chi connectivity index (χ0v) is 7.33. The highest BCUT2D eigenvalue weighted by Gasteiger charge is 2.56. The van der Waals surface area contributed by atoms with Gasteiger partial charge < -0.3 is 5.73 Å². The van der Waals surface area contributed by atoms with Crippen LogP contribution in [0.15, 0.2) is 0 Å². The number of aromatic nitrogens is 4. The molecule has 1 fully saturated rings. The maximum Gasteiger partial charge on any atom is 0.182 e. The number of nitrogens with zero attached hydrogens (tertiary/aromatic N) is 3.